The maximum atomic E-state index is 12.8. The average Bonchev–Trinajstić information content (AvgIpc) is 2.97. The topological polar surface area (TPSA) is 74.8 Å². The molecule has 1 saturated carbocycles. The van der Waals surface area contributed by atoms with Gasteiger partial charge in [0.2, 0.25) is 10.0 Å². The van der Waals surface area contributed by atoms with E-state index in [2.05, 4.69) is 14.7 Å². The lowest BCUT2D eigenvalue weighted by atomic mass is 9.84. The number of pyridine rings is 1. The van der Waals surface area contributed by atoms with Crippen molar-refractivity contribution in [1.82, 2.24) is 14.7 Å². The monoisotopic (exact) mass is 367 g/mol. The Bertz CT molecular complexity index is 847. The molecule has 2 heterocycles. The maximum absolute atomic E-state index is 12.8. The highest BCUT2D eigenvalue weighted by atomic mass is 32.2. The van der Waals surface area contributed by atoms with Crippen LogP contribution in [0.25, 0.3) is 11.0 Å². The van der Waals surface area contributed by atoms with Crippen LogP contribution in [-0.2, 0) is 16.7 Å². The summed E-state index contributed by atoms with van der Waals surface area (Å²) < 4.78 is 39.4. The molecule has 0 radical (unpaired) electrons. The summed E-state index contributed by atoms with van der Waals surface area (Å²) >= 11 is 0. The lowest BCUT2D eigenvalue weighted by Crippen LogP contribution is -2.45. The molecule has 0 unspecified atom stereocenters. The summed E-state index contributed by atoms with van der Waals surface area (Å²) in [5.74, 6) is 0.360. The van der Waals surface area contributed by atoms with Crippen molar-refractivity contribution in [2.24, 2.45) is 0 Å². The number of hydrogen-bond acceptors (Lipinski definition) is 3. The Morgan fingerprint density at radius 1 is 1.24 bits per heavy atom. The van der Waals surface area contributed by atoms with Gasteiger partial charge in [-0.1, -0.05) is 0 Å². The fraction of sp³-hybridized carbons (Fsp3) is 0.611. The van der Waals surface area contributed by atoms with Crippen molar-refractivity contribution in [2.75, 3.05) is 0 Å². The summed E-state index contributed by atoms with van der Waals surface area (Å²) in [7, 11) is -3.31. The second-order valence-corrected chi connectivity index (χ2v) is 10.4. The van der Waals surface area contributed by atoms with Crippen LogP contribution < -0.4 is 4.72 Å². The third kappa shape index (κ3) is 3.87. The van der Waals surface area contributed by atoms with E-state index in [9.17, 15) is 12.8 Å². The predicted molar refractivity (Wildman–Crippen MR) is 97.7 cm³/mol. The molecule has 2 aromatic rings. The molecular formula is C18H26FN3O2S. The lowest BCUT2D eigenvalue weighted by molar-refractivity contribution is 0.368. The number of aromatic amines is 1. The van der Waals surface area contributed by atoms with Crippen molar-refractivity contribution < 1.29 is 12.8 Å². The molecule has 138 valence electrons. The Morgan fingerprint density at radius 3 is 2.52 bits per heavy atom. The molecule has 0 aliphatic heterocycles. The smallest absolute Gasteiger partial charge is 0.216 e. The number of fused-ring (bicyclic) bond motifs is 1. The Labute approximate surface area is 148 Å². The van der Waals surface area contributed by atoms with Gasteiger partial charge in [0.05, 0.1) is 4.75 Å². The van der Waals surface area contributed by atoms with Gasteiger partial charge in [-0.15, -0.1) is 0 Å². The highest BCUT2D eigenvalue weighted by molar-refractivity contribution is 7.90. The molecule has 0 saturated heterocycles. The van der Waals surface area contributed by atoms with Crippen molar-refractivity contribution in [2.45, 2.75) is 69.8 Å². The summed E-state index contributed by atoms with van der Waals surface area (Å²) in [6, 6.07) is 3.87. The molecule has 0 spiro atoms. The van der Waals surface area contributed by atoms with E-state index in [4.69, 9.17) is 0 Å². The molecule has 0 aromatic carbocycles. The third-order valence-electron chi connectivity index (χ3n) is 5.00. The number of aromatic nitrogens is 2. The first-order chi connectivity index (χ1) is 11.7. The van der Waals surface area contributed by atoms with Crippen LogP contribution in [0, 0.1) is 0 Å². The molecule has 2 N–H and O–H groups in total. The van der Waals surface area contributed by atoms with E-state index in [1.165, 1.54) is 0 Å². The van der Waals surface area contributed by atoms with Gasteiger partial charge < -0.3 is 4.98 Å². The molecule has 25 heavy (non-hydrogen) atoms. The number of hydrogen-bond donors (Lipinski definition) is 2. The standard InChI is InChI=1S/C18H26FN3O2S/c1-18(2,3)25(23,24)22-15-6-4-13(5-7-15)16-9-14-8-12(10-19)11-20-17(14)21-16/h8-9,11,13,15,22H,4-7,10H2,1-3H3,(H,20,21)/t13-,15-. The molecule has 1 aliphatic rings. The number of alkyl halides is 1. The summed E-state index contributed by atoms with van der Waals surface area (Å²) in [6.45, 7) is 4.63. The first kappa shape index (κ1) is 18.3. The van der Waals surface area contributed by atoms with Gasteiger partial charge >= 0.3 is 0 Å². The van der Waals surface area contributed by atoms with Crippen LogP contribution in [-0.4, -0.2) is 29.2 Å². The Balaban J connectivity index is 1.66. The van der Waals surface area contributed by atoms with Gasteiger partial charge in [-0.25, -0.2) is 22.5 Å². The Hall–Kier alpha value is -1.47. The fourth-order valence-corrected chi connectivity index (χ4v) is 4.32. The van der Waals surface area contributed by atoms with E-state index in [1.807, 2.05) is 12.1 Å². The highest BCUT2D eigenvalue weighted by Gasteiger charge is 2.33. The molecule has 3 rings (SSSR count). The van der Waals surface area contributed by atoms with Gasteiger partial charge in [-0.3, -0.25) is 0 Å². The minimum absolute atomic E-state index is 0.00104. The summed E-state index contributed by atoms with van der Waals surface area (Å²) in [6.07, 6.45) is 5.03. The second kappa shape index (κ2) is 6.68. The lowest BCUT2D eigenvalue weighted by Gasteiger charge is -2.31. The van der Waals surface area contributed by atoms with Gasteiger partial charge in [-0.2, -0.15) is 0 Å². The van der Waals surface area contributed by atoms with Crippen LogP contribution in [0.3, 0.4) is 0 Å². The fourth-order valence-electron chi connectivity index (χ4n) is 3.29. The van der Waals surface area contributed by atoms with Gasteiger partial charge in [0.1, 0.15) is 12.3 Å². The quantitative estimate of drug-likeness (QED) is 0.864. The summed E-state index contributed by atoms with van der Waals surface area (Å²) in [5, 5.41) is 0.931. The van der Waals surface area contributed by atoms with E-state index in [0.717, 1.165) is 42.4 Å². The van der Waals surface area contributed by atoms with E-state index >= 15 is 0 Å². The number of nitrogens with one attached hydrogen (secondary N) is 2. The normalized spacial score (nSPS) is 22.4. The number of H-pyrrole nitrogens is 1. The van der Waals surface area contributed by atoms with Crippen LogP contribution >= 0.6 is 0 Å². The zero-order chi connectivity index (χ0) is 18.2. The molecule has 7 heteroatoms. The van der Waals surface area contributed by atoms with Crippen molar-refractivity contribution in [1.29, 1.82) is 0 Å². The molecule has 5 nitrogen and oxygen atoms in total. The van der Waals surface area contributed by atoms with Crippen LogP contribution in [0.1, 0.15) is 63.6 Å². The first-order valence-electron chi connectivity index (χ1n) is 8.75. The molecule has 2 aromatic heterocycles. The molecule has 1 aliphatic carbocycles. The third-order valence-corrected chi connectivity index (χ3v) is 7.25. The van der Waals surface area contributed by atoms with Gasteiger partial charge in [0.25, 0.3) is 0 Å². The van der Waals surface area contributed by atoms with E-state index in [1.54, 1.807) is 27.0 Å². The highest BCUT2D eigenvalue weighted by Crippen LogP contribution is 2.34. The van der Waals surface area contributed by atoms with Crippen molar-refractivity contribution in [3.8, 4) is 0 Å². The SMILES string of the molecule is CC(C)(C)S(=O)(=O)N[C@H]1CC[C@H](c2cc3cc(CF)cnc3[nH]2)CC1. The molecular weight excluding hydrogens is 341 g/mol. The van der Waals surface area contributed by atoms with Crippen molar-refractivity contribution in [3.05, 3.63) is 29.6 Å². The first-order valence-corrected chi connectivity index (χ1v) is 10.2. The van der Waals surface area contributed by atoms with Crippen molar-refractivity contribution >= 4 is 21.1 Å². The number of nitrogens with zero attached hydrogens (tertiary/aromatic N) is 1. The van der Waals surface area contributed by atoms with E-state index < -0.39 is 21.4 Å². The zero-order valence-corrected chi connectivity index (χ0v) is 15.8. The van der Waals surface area contributed by atoms with Crippen LogP contribution in [0.5, 0.6) is 0 Å². The number of sulfonamides is 1. The predicted octanol–water partition coefficient (Wildman–Crippen LogP) is 3.78. The zero-order valence-electron chi connectivity index (χ0n) is 15.0. The largest absolute Gasteiger partial charge is 0.343 e. The van der Waals surface area contributed by atoms with Crippen LogP contribution in [0.2, 0.25) is 0 Å². The minimum Gasteiger partial charge on any atom is -0.343 e. The van der Waals surface area contributed by atoms with Gasteiger partial charge in [0.15, 0.2) is 0 Å². The van der Waals surface area contributed by atoms with E-state index in [0.29, 0.717) is 11.5 Å². The molecule has 0 amide bonds. The summed E-state index contributed by atoms with van der Waals surface area (Å²) in [5.41, 5.74) is 2.47. The Kier molecular flexibility index (Phi) is 4.90. The molecule has 1 fully saturated rings. The van der Waals surface area contributed by atoms with Crippen LogP contribution in [0.15, 0.2) is 18.3 Å². The molecule has 0 atom stereocenters. The van der Waals surface area contributed by atoms with Crippen LogP contribution in [0.4, 0.5) is 4.39 Å². The number of rotatable bonds is 4. The Morgan fingerprint density at radius 2 is 1.92 bits per heavy atom. The second-order valence-electron chi connectivity index (χ2n) is 7.92. The van der Waals surface area contributed by atoms with Gasteiger partial charge in [0, 0.05) is 28.9 Å². The number of halogens is 1. The average molecular weight is 367 g/mol. The van der Waals surface area contributed by atoms with E-state index in [-0.39, 0.29) is 6.04 Å². The minimum atomic E-state index is -3.31. The van der Waals surface area contributed by atoms with Crippen molar-refractivity contribution in [3.63, 3.8) is 0 Å². The summed E-state index contributed by atoms with van der Waals surface area (Å²) in [4.78, 5) is 7.60. The maximum Gasteiger partial charge on any atom is 0.216 e. The molecule has 0 bridgehead atoms. The van der Waals surface area contributed by atoms with Gasteiger partial charge in [-0.05, 0) is 64.5 Å².